The Kier molecular flexibility index (Phi) is 4.66. The minimum Gasteiger partial charge on any atom is -0.462 e. The van der Waals surface area contributed by atoms with Gasteiger partial charge in [-0.3, -0.25) is 9.20 Å². The lowest BCUT2D eigenvalue weighted by Gasteiger charge is -2.13. The van der Waals surface area contributed by atoms with Crippen molar-refractivity contribution in [2.75, 3.05) is 6.61 Å². The lowest BCUT2D eigenvalue weighted by Crippen LogP contribution is -2.25. The summed E-state index contributed by atoms with van der Waals surface area (Å²) in [5.74, 6) is -1.46. The number of nitrogens with zero attached hydrogens (tertiary/aromatic N) is 1. The first-order chi connectivity index (χ1) is 10.4. The van der Waals surface area contributed by atoms with Crippen molar-refractivity contribution in [3.05, 3.63) is 62.8 Å². The highest BCUT2D eigenvalue weighted by Gasteiger charge is 2.19. The average Bonchev–Trinajstić information content (AvgIpc) is 2.48. The summed E-state index contributed by atoms with van der Waals surface area (Å²) in [4.78, 5) is 24.4. The number of esters is 1. The van der Waals surface area contributed by atoms with E-state index in [1.54, 1.807) is 19.9 Å². The highest BCUT2D eigenvalue weighted by Crippen LogP contribution is 2.26. The van der Waals surface area contributed by atoms with Crippen molar-refractivity contribution in [2.45, 2.75) is 20.3 Å². The molecule has 0 aliphatic rings. The van der Waals surface area contributed by atoms with E-state index >= 15 is 0 Å². The van der Waals surface area contributed by atoms with E-state index in [2.05, 4.69) is 6.58 Å². The van der Waals surface area contributed by atoms with Gasteiger partial charge in [-0.15, -0.1) is 6.58 Å². The number of allylic oxidation sites excluding steroid dienone is 1. The fourth-order valence-corrected chi connectivity index (χ4v) is 2.49. The van der Waals surface area contributed by atoms with Gasteiger partial charge in [0.2, 0.25) is 0 Å². The predicted molar refractivity (Wildman–Crippen MR) is 83.2 cm³/mol. The largest absolute Gasteiger partial charge is 0.462 e. The van der Waals surface area contributed by atoms with Gasteiger partial charge in [-0.25, -0.2) is 9.18 Å². The molecule has 2 heterocycles. The zero-order chi connectivity index (χ0) is 16.4. The molecule has 0 radical (unpaired) electrons. The van der Waals surface area contributed by atoms with Gasteiger partial charge in [0.15, 0.2) is 5.82 Å². The van der Waals surface area contributed by atoms with Crippen molar-refractivity contribution in [3.63, 3.8) is 0 Å². The van der Waals surface area contributed by atoms with Crippen LogP contribution < -0.4 is 5.56 Å². The Morgan fingerprint density at radius 1 is 1.55 bits per heavy atom. The van der Waals surface area contributed by atoms with Crippen molar-refractivity contribution in [1.82, 2.24) is 4.40 Å². The second-order valence-electron chi connectivity index (χ2n) is 4.74. The van der Waals surface area contributed by atoms with Gasteiger partial charge in [-0.1, -0.05) is 17.7 Å². The maximum absolute atomic E-state index is 13.9. The van der Waals surface area contributed by atoms with Gasteiger partial charge in [0.05, 0.1) is 17.1 Å². The maximum Gasteiger partial charge on any atom is 0.343 e. The molecule has 2 aromatic rings. The molecule has 0 aromatic carbocycles. The van der Waals surface area contributed by atoms with E-state index in [0.29, 0.717) is 23.1 Å². The van der Waals surface area contributed by atoms with Crippen LogP contribution in [0.25, 0.3) is 5.52 Å². The molecule has 2 rings (SSSR count). The summed E-state index contributed by atoms with van der Waals surface area (Å²) in [5, 5.41) is -0.0476. The number of pyridine rings is 2. The predicted octanol–water partition coefficient (Wildman–Crippen LogP) is 3.31. The number of aryl methyl sites for hydroxylation is 1. The molecule has 0 aliphatic carbocycles. The topological polar surface area (TPSA) is 47.8 Å². The van der Waals surface area contributed by atoms with E-state index in [0.717, 1.165) is 10.6 Å². The molecular formula is C16H15ClFNO3. The Labute approximate surface area is 131 Å². The Morgan fingerprint density at radius 3 is 2.82 bits per heavy atom. The standard InChI is InChI=1S/C16H15ClFNO3/c1-4-6-10-7-11(16(21)22-5-2)15(20)19-8-12(18)13(17)9(3)14(10)19/h4,7-8H,1,5-6H2,2-3H3. The molecule has 2 aromatic heterocycles. The van der Waals surface area contributed by atoms with Gasteiger partial charge < -0.3 is 4.74 Å². The molecule has 4 nitrogen and oxygen atoms in total. The fourth-order valence-electron chi connectivity index (χ4n) is 2.35. The number of carbonyl (C=O) groups is 1. The normalized spacial score (nSPS) is 10.7. The second-order valence-corrected chi connectivity index (χ2v) is 5.11. The van der Waals surface area contributed by atoms with Crippen LogP contribution in [0.15, 0.2) is 29.7 Å². The molecular weight excluding hydrogens is 309 g/mol. The Bertz CT molecular complexity index is 826. The lowest BCUT2D eigenvalue weighted by atomic mass is 10.0. The molecule has 0 unspecified atom stereocenters. The number of hydrogen-bond acceptors (Lipinski definition) is 3. The number of carbonyl (C=O) groups excluding carboxylic acids is 1. The lowest BCUT2D eigenvalue weighted by molar-refractivity contribution is 0.0524. The Morgan fingerprint density at radius 2 is 2.23 bits per heavy atom. The van der Waals surface area contributed by atoms with E-state index in [1.807, 2.05) is 0 Å². The van der Waals surface area contributed by atoms with Gasteiger partial charge in [-0.2, -0.15) is 0 Å². The van der Waals surface area contributed by atoms with Crippen LogP contribution in [0.2, 0.25) is 5.02 Å². The van der Waals surface area contributed by atoms with Crippen LogP contribution in [0, 0.1) is 12.7 Å². The quantitative estimate of drug-likeness (QED) is 0.640. The van der Waals surface area contributed by atoms with Crippen LogP contribution in [0.1, 0.15) is 28.4 Å². The zero-order valence-corrected chi connectivity index (χ0v) is 13.0. The molecule has 0 bridgehead atoms. The fraction of sp³-hybridized carbons (Fsp3) is 0.250. The minimum atomic E-state index is -0.736. The molecule has 0 spiro atoms. The number of fused-ring (bicyclic) bond motifs is 1. The molecule has 0 atom stereocenters. The SMILES string of the molecule is C=CCc1cc(C(=O)OCC)c(=O)n2cc(F)c(Cl)c(C)c12. The third-order valence-electron chi connectivity index (χ3n) is 3.31. The molecule has 0 aliphatic heterocycles. The van der Waals surface area contributed by atoms with Crippen LogP contribution >= 0.6 is 11.6 Å². The first kappa shape index (κ1) is 16.2. The van der Waals surface area contributed by atoms with Crippen molar-refractivity contribution in [3.8, 4) is 0 Å². The third-order valence-corrected chi connectivity index (χ3v) is 3.77. The van der Waals surface area contributed by atoms with Crippen molar-refractivity contribution in [1.29, 1.82) is 0 Å². The van der Waals surface area contributed by atoms with Gasteiger partial charge in [0, 0.05) is 6.20 Å². The molecule has 22 heavy (non-hydrogen) atoms. The van der Waals surface area contributed by atoms with Crippen molar-refractivity contribution >= 4 is 23.1 Å². The minimum absolute atomic E-state index is 0.0476. The number of rotatable bonds is 4. The number of hydrogen-bond donors (Lipinski definition) is 0. The first-order valence-electron chi connectivity index (χ1n) is 6.73. The Balaban J connectivity index is 2.91. The number of aromatic nitrogens is 1. The van der Waals surface area contributed by atoms with Gasteiger partial charge in [-0.05, 0) is 37.5 Å². The number of halogens is 2. The van der Waals surface area contributed by atoms with Crippen LogP contribution in [0.4, 0.5) is 4.39 Å². The molecule has 0 fully saturated rings. The van der Waals surface area contributed by atoms with E-state index in [9.17, 15) is 14.0 Å². The molecule has 0 saturated heterocycles. The van der Waals surface area contributed by atoms with Gasteiger partial charge in [0.1, 0.15) is 5.56 Å². The van der Waals surface area contributed by atoms with E-state index in [-0.39, 0.29) is 17.2 Å². The van der Waals surface area contributed by atoms with Crippen molar-refractivity contribution in [2.24, 2.45) is 0 Å². The van der Waals surface area contributed by atoms with Crippen LogP contribution in [-0.4, -0.2) is 17.0 Å². The van der Waals surface area contributed by atoms with Crippen LogP contribution in [0.5, 0.6) is 0 Å². The molecule has 6 heteroatoms. The molecule has 0 N–H and O–H groups in total. The molecule has 0 amide bonds. The summed E-state index contributed by atoms with van der Waals surface area (Å²) in [6.45, 7) is 7.07. The summed E-state index contributed by atoms with van der Waals surface area (Å²) >= 11 is 5.93. The smallest absolute Gasteiger partial charge is 0.343 e. The van der Waals surface area contributed by atoms with E-state index < -0.39 is 17.3 Å². The van der Waals surface area contributed by atoms with Crippen LogP contribution in [0.3, 0.4) is 0 Å². The summed E-state index contributed by atoms with van der Waals surface area (Å²) in [5.41, 5.74) is 0.782. The van der Waals surface area contributed by atoms with Crippen LogP contribution in [-0.2, 0) is 11.2 Å². The summed E-state index contributed by atoms with van der Waals surface area (Å²) in [6.07, 6.45) is 3.02. The summed E-state index contributed by atoms with van der Waals surface area (Å²) in [6, 6.07) is 1.46. The number of ether oxygens (including phenoxy) is 1. The molecule has 0 saturated carbocycles. The van der Waals surface area contributed by atoms with E-state index in [4.69, 9.17) is 16.3 Å². The Hall–Kier alpha value is -2.14. The van der Waals surface area contributed by atoms with Gasteiger partial charge in [0.25, 0.3) is 5.56 Å². The highest BCUT2D eigenvalue weighted by molar-refractivity contribution is 6.32. The van der Waals surface area contributed by atoms with E-state index in [1.165, 1.54) is 6.07 Å². The molecule has 116 valence electrons. The monoisotopic (exact) mass is 323 g/mol. The zero-order valence-electron chi connectivity index (χ0n) is 12.3. The average molecular weight is 324 g/mol. The van der Waals surface area contributed by atoms with Gasteiger partial charge >= 0.3 is 5.97 Å². The summed E-state index contributed by atoms with van der Waals surface area (Å²) in [7, 11) is 0. The maximum atomic E-state index is 13.9. The second kappa shape index (κ2) is 6.32. The highest BCUT2D eigenvalue weighted by atomic mass is 35.5. The van der Waals surface area contributed by atoms with Crippen molar-refractivity contribution < 1.29 is 13.9 Å². The third kappa shape index (κ3) is 2.64. The first-order valence-corrected chi connectivity index (χ1v) is 7.11. The summed E-state index contributed by atoms with van der Waals surface area (Å²) < 4.78 is 19.8.